The van der Waals surface area contributed by atoms with Gasteiger partial charge >= 0.3 is 0 Å². The van der Waals surface area contributed by atoms with Gasteiger partial charge in [0, 0.05) is 11.6 Å². The van der Waals surface area contributed by atoms with E-state index in [1.807, 2.05) is 7.05 Å². The van der Waals surface area contributed by atoms with Crippen LogP contribution in [0.3, 0.4) is 0 Å². The molecular formula is C13H15Cl3NO-. The quantitative estimate of drug-likeness (QED) is 0.555. The molecule has 0 saturated heterocycles. The summed E-state index contributed by atoms with van der Waals surface area (Å²) in [5.41, 5.74) is 0. The highest BCUT2D eigenvalue weighted by Gasteiger charge is 2.02. The van der Waals surface area contributed by atoms with Crippen LogP contribution in [0, 0.1) is 12.3 Å². The van der Waals surface area contributed by atoms with E-state index in [4.69, 9.17) is 34.4 Å². The van der Waals surface area contributed by atoms with Crippen molar-refractivity contribution in [3.63, 3.8) is 0 Å². The molecule has 0 fully saturated rings. The molecule has 18 heavy (non-hydrogen) atoms. The molecule has 0 spiro atoms. The van der Waals surface area contributed by atoms with Gasteiger partial charge in [-0.05, 0) is 31.7 Å². The van der Waals surface area contributed by atoms with Gasteiger partial charge in [0.05, 0.1) is 18.2 Å². The first-order valence-corrected chi connectivity index (χ1v) is 6.09. The number of hydrogen-bond donors (Lipinski definition) is 0. The second-order valence-electron chi connectivity index (χ2n) is 3.72. The van der Waals surface area contributed by atoms with Crippen LogP contribution >= 0.6 is 23.2 Å². The summed E-state index contributed by atoms with van der Waals surface area (Å²) in [7, 11) is 1.98. The lowest BCUT2D eigenvalue weighted by Crippen LogP contribution is -3.00. The van der Waals surface area contributed by atoms with Crippen LogP contribution in [0.1, 0.15) is 6.42 Å². The molecule has 0 aromatic heterocycles. The molecule has 5 heteroatoms. The molecule has 0 N–H and O–H groups in total. The third-order valence-electron chi connectivity index (χ3n) is 2.20. The molecule has 2 nitrogen and oxygen atoms in total. The number of hydrogen-bond acceptors (Lipinski definition) is 2. The summed E-state index contributed by atoms with van der Waals surface area (Å²) >= 11 is 11.8. The maximum atomic E-state index is 5.97. The predicted molar refractivity (Wildman–Crippen MR) is 72.9 cm³/mol. The van der Waals surface area contributed by atoms with Gasteiger partial charge in [0.2, 0.25) is 0 Å². The van der Waals surface area contributed by atoms with Gasteiger partial charge in [0.1, 0.15) is 5.75 Å². The highest BCUT2D eigenvalue weighted by Crippen LogP contribution is 2.27. The van der Waals surface area contributed by atoms with Crippen molar-refractivity contribution in [1.29, 1.82) is 0 Å². The molecule has 0 saturated carbocycles. The molecule has 0 aliphatic heterocycles. The predicted octanol–water partition coefficient (Wildman–Crippen LogP) is 0.331. The standard InChI is InChI=1S/C13H15Cl2NO.ClH/c1-3-7-16(2)8-4-9-17-13-6-5-11(14)10-12(13)15;/h1,5-6,10H,4,7-9H2,2H3;1H/p-1. The Labute approximate surface area is 125 Å². The molecule has 1 aromatic carbocycles. The number of nitrogens with zero attached hydrogens (tertiary/aromatic N) is 1. The van der Waals surface area contributed by atoms with Crippen molar-refractivity contribution in [2.24, 2.45) is 0 Å². The van der Waals surface area contributed by atoms with E-state index in [0.29, 0.717) is 28.9 Å². The molecule has 0 heterocycles. The zero-order valence-electron chi connectivity index (χ0n) is 10.1. The van der Waals surface area contributed by atoms with E-state index in [-0.39, 0.29) is 12.4 Å². The van der Waals surface area contributed by atoms with Crippen LogP contribution in [0.4, 0.5) is 0 Å². The fraction of sp³-hybridized carbons (Fsp3) is 0.385. The topological polar surface area (TPSA) is 12.5 Å². The lowest BCUT2D eigenvalue weighted by molar-refractivity contribution is -0.00000380. The smallest absolute Gasteiger partial charge is 0.137 e. The highest BCUT2D eigenvalue weighted by molar-refractivity contribution is 6.35. The first-order valence-electron chi connectivity index (χ1n) is 5.33. The summed E-state index contributed by atoms with van der Waals surface area (Å²) in [5, 5.41) is 1.14. The Hall–Kier alpha value is -0.590. The second-order valence-corrected chi connectivity index (χ2v) is 4.56. The zero-order valence-corrected chi connectivity index (χ0v) is 12.4. The Morgan fingerprint density at radius 3 is 2.72 bits per heavy atom. The Kier molecular flexibility index (Phi) is 9.05. The van der Waals surface area contributed by atoms with Gasteiger partial charge in [0.15, 0.2) is 0 Å². The Bertz CT molecular complexity index is 404. The van der Waals surface area contributed by atoms with Crippen LogP contribution in [0.25, 0.3) is 0 Å². The van der Waals surface area contributed by atoms with Crippen LogP contribution in [-0.2, 0) is 0 Å². The lowest BCUT2D eigenvalue weighted by atomic mass is 10.3. The summed E-state index contributed by atoms with van der Waals surface area (Å²) in [6.45, 7) is 2.16. The van der Waals surface area contributed by atoms with Crippen LogP contribution in [-0.4, -0.2) is 31.6 Å². The number of terminal acetylenes is 1. The largest absolute Gasteiger partial charge is 1.00 e. The van der Waals surface area contributed by atoms with Crippen LogP contribution < -0.4 is 17.1 Å². The molecular weight excluding hydrogens is 293 g/mol. The van der Waals surface area contributed by atoms with Gasteiger partial charge < -0.3 is 17.1 Å². The Morgan fingerprint density at radius 2 is 2.11 bits per heavy atom. The SMILES string of the molecule is C#CCN(C)CCCOc1ccc(Cl)cc1Cl.[Cl-]. The molecule has 1 rings (SSSR count). The molecule has 0 radical (unpaired) electrons. The number of rotatable bonds is 6. The minimum absolute atomic E-state index is 0. The highest BCUT2D eigenvalue weighted by atomic mass is 35.5. The molecule has 0 atom stereocenters. The van der Waals surface area contributed by atoms with Crippen molar-refractivity contribution < 1.29 is 17.1 Å². The molecule has 0 amide bonds. The van der Waals surface area contributed by atoms with E-state index < -0.39 is 0 Å². The van der Waals surface area contributed by atoms with E-state index in [1.165, 1.54) is 0 Å². The average molecular weight is 308 g/mol. The van der Waals surface area contributed by atoms with Gasteiger partial charge in [-0.25, -0.2) is 0 Å². The number of benzene rings is 1. The van der Waals surface area contributed by atoms with Crippen molar-refractivity contribution in [1.82, 2.24) is 4.90 Å². The summed E-state index contributed by atoms with van der Waals surface area (Å²) < 4.78 is 5.55. The van der Waals surface area contributed by atoms with Gasteiger partial charge in [0.25, 0.3) is 0 Å². The van der Waals surface area contributed by atoms with Crippen molar-refractivity contribution in [3.8, 4) is 18.1 Å². The molecule has 1 aromatic rings. The van der Waals surface area contributed by atoms with Crippen molar-refractivity contribution in [2.75, 3.05) is 26.7 Å². The fourth-order valence-corrected chi connectivity index (χ4v) is 1.81. The monoisotopic (exact) mass is 306 g/mol. The molecule has 0 bridgehead atoms. The minimum Gasteiger partial charge on any atom is -1.00 e. The Balaban J connectivity index is 0.00000289. The van der Waals surface area contributed by atoms with E-state index in [2.05, 4.69) is 10.8 Å². The minimum atomic E-state index is 0. The van der Waals surface area contributed by atoms with Gasteiger partial charge in [-0.3, -0.25) is 4.90 Å². The fourth-order valence-electron chi connectivity index (χ4n) is 1.34. The van der Waals surface area contributed by atoms with Gasteiger partial charge in [-0.15, -0.1) is 6.42 Å². The van der Waals surface area contributed by atoms with E-state index in [0.717, 1.165) is 13.0 Å². The summed E-state index contributed by atoms with van der Waals surface area (Å²) in [4.78, 5) is 2.06. The molecule has 100 valence electrons. The first-order chi connectivity index (χ1) is 8.13. The number of halogens is 3. The van der Waals surface area contributed by atoms with Crippen LogP contribution in [0.5, 0.6) is 5.75 Å². The Morgan fingerprint density at radius 1 is 1.39 bits per heavy atom. The average Bonchev–Trinajstić information content (AvgIpc) is 2.27. The summed E-state index contributed by atoms with van der Waals surface area (Å²) in [5.74, 6) is 3.25. The molecule has 0 aliphatic carbocycles. The third kappa shape index (κ3) is 6.37. The van der Waals surface area contributed by atoms with Crippen molar-refractivity contribution in [2.45, 2.75) is 6.42 Å². The maximum Gasteiger partial charge on any atom is 0.137 e. The van der Waals surface area contributed by atoms with Crippen LogP contribution in [0.2, 0.25) is 10.0 Å². The molecule has 0 aliphatic rings. The third-order valence-corrected chi connectivity index (χ3v) is 2.73. The van der Waals surface area contributed by atoms with Crippen molar-refractivity contribution in [3.05, 3.63) is 28.2 Å². The van der Waals surface area contributed by atoms with E-state index >= 15 is 0 Å². The van der Waals surface area contributed by atoms with Gasteiger partial charge in [-0.1, -0.05) is 29.1 Å². The van der Waals surface area contributed by atoms with E-state index in [9.17, 15) is 0 Å². The van der Waals surface area contributed by atoms with E-state index in [1.54, 1.807) is 18.2 Å². The molecule has 0 unspecified atom stereocenters. The zero-order chi connectivity index (χ0) is 12.7. The number of ether oxygens (including phenoxy) is 1. The summed E-state index contributed by atoms with van der Waals surface area (Å²) in [6.07, 6.45) is 6.11. The van der Waals surface area contributed by atoms with Crippen molar-refractivity contribution >= 4 is 23.2 Å². The summed E-state index contributed by atoms with van der Waals surface area (Å²) in [6, 6.07) is 5.20. The normalized spacial score (nSPS) is 9.72. The second kappa shape index (κ2) is 9.35. The lowest BCUT2D eigenvalue weighted by Gasteiger charge is -2.13. The van der Waals surface area contributed by atoms with Crippen LogP contribution in [0.15, 0.2) is 18.2 Å². The van der Waals surface area contributed by atoms with Gasteiger partial charge in [-0.2, -0.15) is 0 Å². The first kappa shape index (κ1) is 17.4. The maximum absolute atomic E-state index is 5.97.